The van der Waals surface area contributed by atoms with Crippen molar-refractivity contribution in [2.75, 3.05) is 11.9 Å². The van der Waals surface area contributed by atoms with Crippen LogP contribution in [0.3, 0.4) is 0 Å². The van der Waals surface area contributed by atoms with Gasteiger partial charge in [-0.15, -0.1) is 11.3 Å². The van der Waals surface area contributed by atoms with Crippen LogP contribution in [0, 0.1) is 16.0 Å². The molecule has 1 N–H and O–H groups in total. The minimum Gasteiger partial charge on any atom is -0.388 e. The highest BCUT2D eigenvalue weighted by Gasteiger charge is 2.34. The van der Waals surface area contributed by atoms with Crippen molar-refractivity contribution >= 4 is 22.0 Å². The summed E-state index contributed by atoms with van der Waals surface area (Å²) in [6, 6.07) is 1.80. The zero-order chi connectivity index (χ0) is 13.4. The molecule has 6 heteroatoms. The van der Waals surface area contributed by atoms with E-state index in [0.717, 1.165) is 0 Å². The molecule has 1 fully saturated rings. The van der Waals surface area contributed by atoms with E-state index in [1.54, 1.807) is 6.92 Å². The van der Waals surface area contributed by atoms with Crippen molar-refractivity contribution in [1.29, 1.82) is 0 Å². The van der Waals surface area contributed by atoms with Gasteiger partial charge in [-0.05, 0) is 32.6 Å². The summed E-state index contributed by atoms with van der Waals surface area (Å²) in [6.07, 6.45) is 1.74. The number of anilines is 1. The number of rotatable bonds is 5. The first-order valence-corrected chi connectivity index (χ1v) is 6.92. The van der Waals surface area contributed by atoms with Gasteiger partial charge in [-0.2, -0.15) is 0 Å². The second-order valence-corrected chi connectivity index (χ2v) is 6.02. The standard InChI is InChI=1S/C12H18N2O3S/c1-7(9-4-5-9)13(3)12-10(14(16)17)6-11(18-12)8(2)15/h6-9,15H,4-5H2,1-3H3. The molecular formula is C12H18N2O3S. The Morgan fingerprint density at radius 1 is 1.56 bits per heavy atom. The maximum Gasteiger partial charge on any atom is 0.304 e. The minimum absolute atomic E-state index is 0.103. The van der Waals surface area contributed by atoms with Crippen LogP contribution in [-0.4, -0.2) is 23.1 Å². The molecule has 1 heterocycles. The fourth-order valence-electron chi connectivity index (χ4n) is 2.06. The topological polar surface area (TPSA) is 66.6 Å². The van der Waals surface area contributed by atoms with E-state index in [4.69, 9.17) is 0 Å². The van der Waals surface area contributed by atoms with Gasteiger partial charge in [-0.3, -0.25) is 10.1 Å². The van der Waals surface area contributed by atoms with Gasteiger partial charge in [-0.1, -0.05) is 0 Å². The molecule has 1 aliphatic carbocycles. The Balaban J connectivity index is 2.31. The molecule has 1 saturated carbocycles. The number of thiophene rings is 1. The van der Waals surface area contributed by atoms with Gasteiger partial charge < -0.3 is 10.0 Å². The molecule has 18 heavy (non-hydrogen) atoms. The second kappa shape index (κ2) is 4.85. The third kappa shape index (κ3) is 2.49. The predicted octanol–water partition coefficient (Wildman–Crippen LogP) is 2.94. The van der Waals surface area contributed by atoms with Crippen molar-refractivity contribution in [3.05, 3.63) is 21.1 Å². The Kier molecular flexibility index (Phi) is 3.59. The van der Waals surface area contributed by atoms with Gasteiger partial charge in [0.2, 0.25) is 0 Å². The Labute approximate surface area is 110 Å². The second-order valence-electron chi connectivity index (χ2n) is 4.96. The molecule has 0 amide bonds. The Hall–Kier alpha value is -1.14. The average Bonchev–Trinajstić information content (AvgIpc) is 3.04. The Morgan fingerprint density at radius 2 is 2.17 bits per heavy atom. The van der Waals surface area contributed by atoms with Crippen LogP contribution in [0.25, 0.3) is 0 Å². The summed E-state index contributed by atoms with van der Waals surface area (Å²) in [7, 11) is 1.90. The van der Waals surface area contributed by atoms with Crippen LogP contribution < -0.4 is 4.90 Å². The highest BCUT2D eigenvalue weighted by Crippen LogP contribution is 2.43. The van der Waals surface area contributed by atoms with E-state index < -0.39 is 6.10 Å². The van der Waals surface area contributed by atoms with Crippen molar-refractivity contribution in [3.8, 4) is 0 Å². The van der Waals surface area contributed by atoms with Gasteiger partial charge in [0.05, 0.1) is 11.0 Å². The molecule has 100 valence electrons. The quantitative estimate of drug-likeness (QED) is 0.660. The van der Waals surface area contributed by atoms with E-state index in [1.807, 2.05) is 11.9 Å². The van der Waals surface area contributed by atoms with Crippen LogP contribution >= 0.6 is 11.3 Å². The monoisotopic (exact) mass is 270 g/mol. The molecule has 0 radical (unpaired) electrons. The largest absolute Gasteiger partial charge is 0.388 e. The third-order valence-electron chi connectivity index (χ3n) is 3.56. The van der Waals surface area contributed by atoms with Crippen LogP contribution in [0.5, 0.6) is 0 Å². The lowest BCUT2D eigenvalue weighted by Crippen LogP contribution is -2.30. The molecule has 0 bridgehead atoms. The van der Waals surface area contributed by atoms with Crippen LogP contribution in [-0.2, 0) is 0 Å². The summed E-state index contributed by atoms with van der Waals surface area (Å²) >= 11 is 1.31. The van der Waals surface area contributed by atoms with Crippen LogP contribution in [0.15, 0.2) is 6.07 Å². The summed E-state index contributed by atoms with van der Waals surface area (Å²) in [5.74, 6) is 0.645. The molecule has 1 aromatic heterocycles. The molecular weight excluding hydrogens is 252 g/mol. The van der Waals surface area contributed by atoms with Crippen molar-refractivity contribution in [2.45, 2.75) is 38.8 Å². The summed E-state index contributed by atoms with van der Waals surface area (Å²) in [6.45, 7) is 3.73. The number of aliphatic hydroxyl groups is 1. The lowest BCUT2D eigenvalue weighted by molar-refractivity contribution is -0.383. The van der Waals surface area contributed by atoms with E-state index in [0.29, 0.717) is 21.8 Å². The highest BCUT2D eigenvalue weighted by molar-refractivity contribution is 7.16. The SMILES string of the molecule is CC(O)c1cc([N+](=O)[O-])c(N(C)C(C)C2CC2)s1. The summed E-state index contributed by atoms with van der Waals surface area (Å²) in [5, 5.41) is 21.3. The lowest BCUT2D eigenvalue weighted by Gasteiger charge is -2.24. The van der Waals surface area contributed by atoms with Gasteiger partial charge in [0.1, 0.15) is 0 Å². The smallest absolute Gasteiger partial charge is 0.304 e. The molecule has 0 aromatic carbocycles. The predicted molar refractivity (Wildman–Crippen MR) is 72.2 cm³/mol. The molecule has 0 spiro atoms. The first-order valence-electron chi connectivity index (χ1n) is 6.10. The van der Waals surface area contributed by atoms with E-state index in [1.165, 1.54) is 30.2 Å². The van der Waals surface area contributed by atoms with E-state index >= 15 is 0 Å². The zero-order valence-electron chi connectivity index (χ0n) is 10.8. The molecule has 2 unspecified atom stereocenters. The molecule has 2 atom stereocenters. The van der Waals surface area contributed by atoms with Crippen molar-refractivity contribution in [2.24, 2.45) is 5.92 Å². The Morgan fingerprint density at radius 3 is 2.61 bits per heavy atom. The van der Waals surface area contributed by atoms with Crippen LogP contribution in [0.4, 0.5) is 10.7 Å². The number of aliphatic hydroxyl groups excluding tert-OH is 1. The number of nitrogens with zero attached hydrogens (tertiary/aromatic N) is 2. The van der Waals surface area contributed by atoms with Gasteiger partial charge in [0.15, 0.2) is 5.00 Å². The highest BCUT2D eigenvalue weighted by atomic mass is 32.1. The minimum atomic E-state index is -0.660. The normalized spacial score (nSPS) is 18.4. The van der Waals surface area contributed by atoms with E-state index in [9.17, 15) is 15.2 Å². The number of hydrogen-bond donors (Lipinski definition) is 1. The van der Waals surface area contributed by atoms with Crippen LogP contribution in [0.1, 0.15) is 37.7 Å². The van der Waals surface area contributed by atoms with Gasteiger partial charge in [-0.25, -0.2) is 0 Å². The molecule has 1 aliphatic rings. The first kappa shape index (κ1) is 13.3. The maximum absolute atomic E-state index is 11.1. The molecule has 5 nitrogen and oxygen atoms in total. The van der Waals surface area contributed by atoms with Gasteiger partial charge in [0, 0.05) is 24.0 Å². The zero-order valence-corrected chi connectivity index (χ0v) is 11.6. The number of nitro groups is 1. The number of hydrogen-bond acceptors (Lipinski definition) is 5. The van der Waals surface area contributed by atoms with Crippen molar-refractivity contribution in [1.82, 2.24) is 0 Å². The lowest BCUT2D eigenvalue weighted by atomic mass is 10.2. The average molecular weight is 270 g/mol. The van der Waals surface area contributed by atoms with E-state index in [2.05, 4.69) is 6.92 Å². The third-order valence-corrected chi connectivity index (χ3v) is 4.94. The molecule has 1 aromatic rings. The van der Waals surface area contributed by atoms with Crippen molar-refractivity contribution < 1.29 is 10.0 Å². The van der Waals surface area contributed by atoms with Gasteiger partial charge >= 0.3 is 5.69 Å². The summed E-state index contributed by atoms with van der Waals surface area (Å²) in [5.41, 5.74) is 0.103. The fraction of sp³-hybridized carbons (Fsp3) is 0.667. The fourth-order valence-corrected chi connectivity index (χ4v) is 3.17. The molecule has 0 saturated heterocycles. The maximum atomic E-state index is 11.1. The molecule has 0 aliphatic heterocycles. The van der Waals surface area contributed by atoms with Crippen LogP contribution in [0.2, 0.25) is 0 Å². The van der Waals surface area contributed by atoms with Crippen molar-refractivity contribution in [3.63, 3.8) is 0 Å². The molecule has 2 rings (SSSR count). The Bertz CT molecular complexity index is 454. The van der Waals surface area contributed by atoms with Gasteiger partial charge in [0.25, 0.3) is 0 Å². The first-order chi connectivity index (χ1) is 8.41. The van der Waals surface area contributed by atoms with E-state index in [-0.39, 0.29) is 10.6 Å². The summed E-state index contributed by atoms with van der Waals surface area (Å²) < 4.78 is 0. The summed E-state index contributed by atoms with van der Waals surface area (Å²) in [4.78, 5) is 13.3.